The highest BCUT2D eigenvalue weighted by molar-refractivity contribution is 6.30. The monoisotopic (exact) mass is 263 g/mol. The van der Waals surface area contributed by atoms with Gasteiger partial charge >= 0.3 is 0 Å². The quantitative estimate of drug-likeness (QED) is 0.820. The Morgan fingerprint density at radius 2 is 2.39 bits per heavy atom. The number of nitrogens with zero attached hydrogens (tertiary/aromatic N) is 3. The molecule has 1 heterocycles. The van der Waals surface area contributed by atoms with Crippen LogP contribution in [0.15, 0.2) is 18.3 Å². The number of amides is 1. The first-order valence-electron chi connectivity index (χ1n) is 5.98. The third-order valence-corrected chi connectivity index (χ3v) is 3.13. The fourth-order valence-electron chi connectivity index (χ4n) is 1.76. The van der Waals surface area contributed by atoms with Gasteiger partial charge in [0.1, 0.15) is 5.69 Å². The molecule has 18 heavy (non-hydrogen) atoms. The van der Waals surface area contributed by atoms with E-state index >= 15 is 0 Å². The summed E-state index contributed by atoms with van der Waals surface area (Å²) in [5, 5.41) is 9.14. The van der Waals surface area contributed by atoms with E-state index in [4.69, 9.17) is 16.9 Å². The average molecular weight is 264 g/mol. The Labute approximate surface area is 111 Å². The Morgan fingerprint density at radius 3 is 3.00 bits per heavy atom. The highest BCUT2D eigenvalue weighted by Gasteiger charge is 2.27. The van der Waals surface area contributed by atoms with Crippen molar-refractivity contribution in [2.75, 3.05) is 13.1 Å². The zero-order chi connectivity index (χ0) is 13.0. The summed E-state index contributed by atoms with van der Waals surface area (Å²) in [5.74, 6) is 0.450. The maximum Gasteiger partial charge on any atom is 0.272 e. The van der Waals surface area contributed by atoms with Gasteiger partial charge in [-0.15, -0.1) is 0 Å². The number of carbonyl (C=O) groups excluding carboxylic acids is 1. The van der Waals surface area contributed by atoms with Gasteiger partial charge in [-0.3, -0.25) is 9.78 Å². The molecule has 4 nitrogen and oxygen atoms in total. The van der Waals surface area contributed by atoms with Gasteiger partial charge in [-0.1, -0.05) is 11.6 Å². The van der Waals surface area contributed by atoms with Crippen LogP contribution in [-0.4, -0.2) is 28.9 Å². The van der Waals surface area contributed by atoms with Crippen molar-refractivity contribution in [1.29, 1.82) is 5.26 Å². The lowest BCUT2D eigenvalue weighted by molar-refractivity contribution is 0.0745. The molecule has 0 bridgehead atoms. The Kier molecular flexibility index (Phi) is 4.16. The van der Waals surface area contributed by atoms with E-state index in [1.54, 1.807) is 17.0 Å². The average Bonchev–Trinajstić information content (AvgIpc) is 3.17. The number of nitriles is 1. The molecule has 0 N–H and O–H groups in total. The summed E-state index contributed by atoms with van der Waals surface area (Å²) >= 11 is 5.85. The minimum atomic E-state index is -0.139. The first-order valence-corrected chi connectivity index (χ1v) is 6.36. The van der Waals surface area contributed by atoms with Crippen molar-refractivity contribution in [1.82, 2.24) is 9.88 Å². The molecule has 0 atom stereocenters. The van der Waals surface area contributed by atoms with Gasteiger partial charge in [0.05, 0.1) is 12.5 Å². The van der Waals surface area contributed by atoms with Gasteiger partial charge in [0.2, 0.25) is 0 Å². The number of pyridine rings is 1. The van der Waals surface area contributed by atoms with E-state index in [9.17, 15) is 4.79 Å². The molecule has 1 aliphatic carbocycles. The third-order valence-electron chi connectivity index (χ3n) is 2.90. The number of carbonyl (C=O) groups is 1. The fourth-order valence-corrected chi connectivity index (χ4v) is 1.92. The molecule has 1 fully saturated rings. The van der Waals surface area contributed by atoms with Crippen LogP contribution in [-0.2, 0) is 0 Å². The summed E-state index contributed by atoms with van der Waals surface area (Å²) < 4.78 is 0. The van der Waals surface area contributed by atoms with Crippen LogP contribution in [0.1, 0.15) is 29.8 Å². The van der Waals surface area contributed by atoms with Gasteiger partial charge in [0, 0.05) is 24.3 Å². The van der Waals surface area contributed by atoms with Crippen molar-refractivity contribution >= 4 is 17.5 Å². The minimum Gasteiger partial charge on any atom is -0.336 e. The topological polar surface area (TPSA) is 57.0 Å². The summed E-state index contributed by atoms with van der Waals surface area (Å²) in [7, 11) is 0. The Hall–Kier alpha value is -1.60. The van der Waals surface area contributed by atoms with E-state index in [0.717, 1.165) is 0 Å². The zero-order valence-electron chi connectivity index (χ0n) is 9.97. The molecule has 1 aromatic heterocycles. The second kappa shape index (κ2) is 5.83. The van der Waals surface area contributed by atoms with Gasteiger partial charge < -0.3 is 4.90 Å². The van der Waals surface area contributed by atoms with Crippen LogP contribution in [0.2, 0.25) is 5.02 Å². The van der Waals surface area contributed by atoms with Crippen LogP contribution < -0.4 is 0 Å². The van der Waals surface area contributed by atoms with Gasteiger partial charge in [0.25, 0.3) is 5.91 Å². The lowest BCUT2D eigenvalue weighted by Gasteiger charge is -2.21. The predicted octanol–water partition coefficient (Wildman–Crippen LogP) is 2.50. The summed E-state index contributed by atoms with van der Waals surface area (Å²) in [5.41, 5.74) is 0.348. The molecule has 0 aromatic carbocycles. The molecule has 0 aliphatic heterocycles. The van der Waals surface area contributed by atoms with Crippen molar-refractivity contribution in [3.63, 3.8) is 0 Å². The lowest BCUT2D eigenvalue weighted by atomic mass is 10.2. The van der Waals surface area contributed by atoms with Crippen molar-refractivity contribution in [2.45, 2.75) is 19.3 Å². The SMILES string of the molecule is N#CCCN(CC1CC1)C(=O)c1cc(Cl)ccn1. The molecule has 2 rings (SSSR count). The molecular weight excluding hydrogens is 250 g/mol. The van der Waals surface area contributed by atoms with E-state index in [2.05, 4.69) is 11.1 Å². The van der Waals surface area contributed by atoms with Crippen LogP contribution >= 0.6 is 11.6 Å². The van der Waals surface area contributed by atoms with E-state index in [0.29, 0.717) is 36.1 Å². The summed E-state index contributed by atoms with van der Waals surface area (Å²) in [4.78, 5) is 18.0. The van der Waals surface area contributed by atoms with Crippen molar-refractivity contribution in [3.8, 4) is 6.07 Å². The molecule has 1 aromatic rings. The number of hydrogen-bond donors (Lipinski definition) is 0. The second-order valence-corrected chi connectivity index (χ2v) is 4.90. The molecule has 0 spiro atoms. The molecule has 1 aliphatic rings. The standard InChI is InChI=1S/C13H14ClN3O/c14-11-4-6-16-12(8-11)13(18)17(7-1-5-15)9-10-2-3-10/h4,6,8,10H,1-3,7,9H2. The lowest BCUT2D eigenvalue weighted by Crippen LogP contribution is -2.34. The van der Waals surface area contributed by atoms with Crippen LogP contribution in [0.4, 0.5) is 0 Å². The Morgan fingerprint density at radius 1 is 1.61 bits per heavy atom. The molecule has 1 saturated carbocycles. The molecule has 5 heteroatoms. The van der Waals surface area contributed by atoms with Crippen LogP contribution in [0.3, 0.4) is 0 Å². The van der Waals surface area contributed by atoms with E-state index in [-0.39, 0.29) is 5.91 Å². The smallest absolute Gasteiger partial charge is 0.272 e. The van der Waals surface area contributed by atoms with E-state index in [1.165, 1.54) is 19.0 Å². The van der Waals surface area contributed by atoms with Crippen LogP contribution in [0.5, 0.6) is 0 Å². The highest BCUT2D eigenvalue weighted by atomic mass is 35.5. The van der Waals surface area contributed by atoms with Crippen LogP contribution in [0, 0.1) is 17.2 Å². The second-order valence-electron chi connectivity index (χ2n) is 4.46. The van der Waals surface area contributed by atoms with Gasteiger partial charge in [-0.25, -0.2) is 0 Å². The van der Waals surface area contributed by atoms with Crippen molar-refractivity contribution in [2.24, 2.45) is 5.92 Å². The summed E-state index contributed by atoms with van der Waals surface area (Å²) in [6.07, 6.45) is 4.20. The maximum absolute atomic E-state index is 12.3. The molecule has 0 unspecified atom stereocenters. The van der Waals surface area contributed by atoms with Gasteiger partial charge in [-0.2, -0.15) is 5.26 Å². The summed E-state index contributed by atoms with van der Waals surface area (Å²) in [6, 6.07) is 5.27. The first kappa shape index (κ1) is 12.8. The normalized spacial score (nSPS) is 14.0. The maximum atomic E-state index is 12.3. The van der Waals surface area contributed by atoms with E-state index in [1.807, 2.05) is 0 Å². The van der Waals surface area contributed by atoms with Gasteiger partial charge in [0.15, 0.2) is 0 Å². The molecule has 0 radical (unpaired) electrons. The Balaban J connectivity index is 2.08. The zero-order valence-corrected chi connectivity index (χ0v) is 10.7. The minimum absolute atomic E-state index is 0.139. The highest BCUT2D eigenvalue weighted by Crippen LogP contribution is 2.30. The fraction of sp³-hybridized carbons (Fsp3) is 0.462. The molecule has 0 saturated heterocycles. The molecular formula is C13H14ClN3O. The first-order chi connectivity index (χ1) is 8.70. The van der Waals surface area contributed by atoms with Crippen molar-refractivity contribution < 1.29 is 4.79 Å². The largest absolute Gasteiger partial charge is 0.336 e. The number of halogens is 1. The number of rotatable bonds is 5. The van der Waals surface area contributed by atoms with E-state index < -0.39 is 0 Å². The van der Waals surface area contributed by atoms with Crippen LogP contribution in [0.25, 0.3) is 0 Å². The third kappa shape index (κ3) is 3.44. The Bertz CT molecular complexity index is 479. The predicted molar refractivity (Wildman–Crippen MR) is 68.1 cm³/mol. The number of hydrogen-bond acceptors (Lipinski definition) is 3. The van der Waals surface area contributed by atoms with Gasteiger partial charge in [-0.05, 0) is 30.9 Å². The number of aromatic nitrogens is 1. The van der Waals surface area contributed by atoms with Crippen molar-refractivity contribution in [3.05, 3.63) is 29.0 Å². The molecule has 94 valence electrons. The molecule has 1 amide bonds. The summed E-state index contributed by atoms with van der Waals surface area (Å²) in [6.45, 7) is 1.18.